The van der Waals surface area contributed by atoms with Crippen LogP contribution in [0.2, 0.25) is 0 Å². The molecule has 0 saturated heterocycles. The van der Waals surface area contributed by atoms with Gasteiger partial charge < -0.3 is 15.5 Å². The van der Waals surface area contributed by atoms with Gasteiger partial charge in [-0.3, -0.25) is 14.4 Å². The maximum absolute atomic E-state index is 12.8. The maximum Gasteiger partial charge on any atom is 0.226 e. The molecule has 3 rings (SSSR count). The molecule has 1 aliphatic heterocycles. The minimum Gasteiger partial charge on any atom is -0.326 e. The van der Waals surface area contributed by atoms with Crippen molar-refractivity contribution in [1.29, 1.82) is 0 Å². The van der Waals surface area contributed by atoms with Gasteiger partial charge in [0.05, 0.1) is 12.5 Å². The average Bonchev–Trinajstić information content (AvgIpc) is 2.64. The molecule has 1 heterocycles. The first-order valence-electron chi connectivity index (χ1n) is 9.10. The lowest BCUT2D eigenvalue weighted by Crippen LogP contribution is -2.33. The number of fused-ring (bicyclic) bond motifs is 1. The summed E-state index contributed by atoms with van der Waals surface area (Å²) in [6, 6.07) is 12.7. The van der Waals surface area contributed by atoms with Gasteiger partial charge in [0.2, 0.25) is 17.7 Å². The van der Waals surface area contributed by atoms with Crippen LogP contribution in [0.25, 0.3) is 6.08 Å². The van der Waals surface area contributed by atoms with E-state index in [1.165, 1.54) is 13.8 Å². The highest BCUT2D eigenvalue weighted by Gasteiger charge is 2.28. The summed E-state index contributed by atoms with van der Waals surface area (Å²) in [5, 5.41) is 5.66. The second-order valence-electron chi connectivity index (χ2n) is 6.80. The van der Waals surface area contributed by atoms with Crippen LogP contribution in [0.5, 0.6) is 0 Å². The van der Waals surface area contributed by atoms with Crippen molar-refractivity contribution >= 4 is 35.2 Å². The third-order valence-corrected chi connectivity index (χ3v) is 4.77. The number of amides is 3. The van der Waals surface area contributed by atoms with Gasteiger partial charge in [-0.05, 0) is 41.8 Å². The highest BCUT2D eigenvalue weighted by Crippen LogP contribution is 2.33. The van der Waals surface area contributed by atoms with Gasteiger partial charge in [0.15, 0.2) is 0 Å². The van der Waals surface area contributed by atoms with Crippen molar-refractivity contribution in [2.45, 2.75) is 33.2 Å². The molecular weight excluding hydrogens is 354 g/mol. The van der Waals surface area contributed by atoms with Crippen LogP contribution in [0, 0.1) is 6.92 Å². The Morgan fingerprint density at radius 2 is 1.64 bits per heavy atom. The van der Waals surface area contributed by atoms with Crippen LogP contribution in [0.4, 0.5) is 11.4 Å². The fourth-order valence-corrected chi connectivity index (χ4v) is 3.39. The molecule has 2 N–H and O–H groups in total. The van der Waals surface area contributed by atoms with Crippen LogP contribution in [0.3, 0.4) is 0 Å². The highest BCUT2D eigenvalue weighted by atomic mass is 16.2. The average molecular weight is 377 g/mol. The summed E-state index contributed by atoms with van der Waals surface area (Å²) >= 11 is 0. The van der Waals surface area contributed by atoms with E-state index in [0.717, 1.165) is 16.7 Å². The third kappa shape index (κ3) is 4.11. The van der Waals surface area contributed by atoms with Gasteiger partial charge >= 0.3 is 0 Å². The molecule has 1 unspecified atom stereocenters. The molecule has 1 atom stereocenters. The third-order valence-electron chi connectivity index (χ3n) is 4.77. The number of hydrogen-bond donors (Lipinski definition) is 2. The SMILES string of the molecule is CC(=O)Nc1cccc(NC(=O)CC2c3ccccc3C=CN2C(C)=O)c1C. The van der Waals surface area contributed by atoms with Gasteiger partial charge in [0.25, 0.3) is 0 Å². The van der Waals surface area contributed by atoms with Crippen molar-refractivity contribution in [2.75, 3.05) is 10.6 Å². The summed E-state index contributed by atoms with van der Waals surface area (Å²) in [7, 11) is 0. The van der Waals surface area contributed by atoms with Crippen molar-refractivity contribution in [3.63, 3.8) is 0 Å². The maximum atomic E-state index is 12.8. The van der Waals surface area contributed by atoms with Crippen molar-refractivity contribution in [3.05, 3.63) is 65.4 Å². The molecule has 0 saturated carbocycles. The molecule has 2 aromatic carbocycles. The molecule has 0 aromatic heterocycles. The number of hydrogen-bond acceptors (Lipinski definition) is 3. The van der Waals surface area contributed by atoms with Crippen LogP contribution >= 0.6 is 0 Å². The van der Waals surface area contributed by atoms with Crippen LogP contribution in [0.15, 0.2) is 48.7 Å². The van der Waals surface area contributed by atoms with Gasteiger partial charge in [-0.1, -0.05) is 30.3 Å². The Morgan fingerprint density at radius 3 is 2.32 bits per heavy atom. The molecular formula is C22H23N3O3. The summed E-state index contributed by atoms with van der Waals surface area (Å²) in [6.07, 6.45) is 3.74. The van der Waals surface area contributed by atoms with E-state index in [-0.39, 0.29) is 30.2 Å². The Morgan fingerprint density at radius 1 is 0.964 bits per heavy atom. The van der Waals surface area contributed by atoms with Crippen LogP contribution in [0.1, 0.15) is 43.0 Å². The van der Waals surface area contributed by atoms with E-state index in [2.05, 4.69) is 10.6 Å². The lowest BCUT2D eigenvalue weighted by Gasteiger charge is -2.32. The summed E-state index contributed by atoms with van der Waals surface area (Å²) < 4.78 is 0. The topological polar surface area (TPSA) is 78.5 Å². The van der Waals surface area contributed by atoms with E-state index in [1.54, 1.807) is 29.3 Å². The van der Waals surface area contributed by atoms with E-state index < -0.39 is 0 Å². The summed E-state index contributed by atoms with van der Waals surface area (Å²) in [5.41, 5.74) is 4.01. The van der Waals surface area contributed by atoms with Crippen molar-refractivity contribution < 1.29 is 14.4 Å². The number of benzene rings is 2. The Labute approximate surface area is 164 Å². The molecule has 28 heavy (non-hydrogen) atoms. The summed E-state index contributed by atoms with van der Waals surface area (Å²) in [5.74, 6) is -0.494. The Hall–Kier alpha value is -3.41. The summed E-state index contributed by atoms with van der Waals surface area (Å²) in [4.78, 5) is 37.8. The molecule has 0 radical (unpaired) electrons. The van der Waals surface area contributed by atoms with Crippen LogP contribution in [-0.4, -0.2) is 22.6 Å². The highest BCUT2D eigenvalue weighted by molar-refractivity contribution is 5.95. The van der Waals surface area contributed by atoms with E-state index in [9.17, 15) is 14.4 Å². The second kappa shape index (κ2) is 8.08. The lowest BCUT2D eigenvalue weighted by atomic mass is 9.93. The Balaban J connectivity index is 1.81. The number of carbonyl (C=O) groups is 3. The number of nitrogens with zero attached hydrogens (tertiary/aromatic N) is 1. The quantitative estimate of drug-likeness (QED) is 0.849. The normalized spacial score (nSPS) is 15.0. The first-order chi connectivity index (χ1) is 13.4. The van der Waals surface area contributed by atoms with Gasteiger partial charge in [-0.2, -0.15) is 0 Å². The predicted molar refractivity (Wildman–Crippen MR) is 109 cm³/mol. The van der Waals surface area contributed by atoms with Crippen LogP contribution < -0.4 is 10.6 Å². The standard InChI is InChI=1S/C22H23N3O3/c1-14-19(23-15(2)26)9-6-10-20(14)24-22(28)13-21-18-8-5-4-7-17(18)11-12-25(21)16(3)27/h4-12,21H,13H2,1-3H3,(H,23,26)(H,24,28). The molecule has 0 aliphatic carbocycles. The first-order valence-corrected chi connectivity index (χ1v) is 9.10. The van der Waals surface area contributed by atoms with Crippen LogP contribution in [-0.2, 0) is 14.4 Å². The van der Waals surface area contributed by atoms with E-state index in [4.69, 9.17) is 0 Å². The molecule has 0 spiro atoms. The molecule has 3 amide bonds. The van der Waals surface area contributed by atoms with Gasteiger partial charge in [-0.25, -0.2) is 0 Å². The molecule has 0 fully saturated rings. The minimum absolute atomic E-state index is 0.118. The zero-order chi connectivity index (χ0) is 20.3. The number of carbonyl (C=O) groups excluding carboxylic acids is 3. The first kappa shape index (κ1) is 19.4. The smallest absolute Gasteiger partial charge is 0.226 e. The van der Waals surface area contributed by atoms with Crippen molar-refractivity contribution in [2.24, 2.45) is 0 Å². The molecule has 2 aromatic rings. The van der Waals surface area contributed by atoms with Gasteiger partial charge in [-0.15, -0.1) is 0 Å². The predicted octanol–water partition coefficient (Wildman–Crippen LogP) is 3.86. The monoisotopic (exact) mass is 377 g/mol. The molecule has 6 nitrogen and oxygen atoms in total. The fraction of sp³-hybridized carbons (Fsp3) is 0.227. The van der Waals surface area contributed by atoms with E-state index >= 15 is 0 Å². The fourth-order valence-electron chi connectivity index (χ4n) is 3.39. The van der Waals surface area contributed by atoms with E-state index in [1.807, 2.05) is 37.3 Å². The second-order valence-corrected chi connectivity index (χ2v) is 6.80. The Bertz CT molecular complexity index is 965. The van der Waals surface area contributed by atoms with E-state index in [0.29, 0.717) is 11.4 Å². The zero-order valence-electron chi connectivity index (χ0n) is 16.2. The summed E-state index contributed by atoms with van der Waals surface area (Å²) in [6.45, 7) is 4.76. The molecule has 144 valence electrons. The molecule has 0 bridgehead atoms. The van der Waals surface area contributed by atoms with Gasteiger partial charge in [0, 0.05) is 31.4 Å². The number of nitrogens with one attached hydrogen (secondary N) is 2. The largest absolute Gasteiger partial charge is 0.326 e. The lowest BCUT2D eigenvalue weighted by molar-refractivity contribution is -0.129. The molecule has 1 aliphatic rings. The Kier molecular flexibility index (Phi) is 5.59. The number of anilines is 2. The zero-order valence-corrected chi connectivity index (χ0v) is 16.2. The van der Waals surface area contributed by atoms with Crippen molar-refractivity contribution in [3.8, 4) is 0 Å². The molecule has 6 heteroatoms. The van der Waals surface area contributed by atoms with Crippen molar-refractivity contribution in [1.82, 2.24) is 4.90 Å². The minimum atomic E-state index is -0.363. The number of rotatable bonds is 4. The van der Waals surface area contributed by atoms with Gasteiger partial charge in [0.1, 0.15) is 0 Å².